The molecule has 5 aliphatic rings. The number of rotatable bonds is 5. The van der Waals surface area contributed by atoms with Gasteiger partial charge in [0, 0.05) is 0 Å². The van der Waals surface area contributed by atoms with Gasteiger partial charge in [-0.25, -0.2) is 0 Å². The lowest BCUT2D eigenvalue weighted by Gasteiger charge is -2.64. The summed E-state index contributed by atoms with van der Waals surface area (Å²) in [6.07, 6.45) is 11.4. The summed E-state index contributed by atoms with van der Waals surface area (Å²) in [6, 6.07) is 0. The van der Waals surface area contributed by atoms with Gasteiger partial charge in [-0.1, -0.05) is 32.4 Å². The minimum Gasteiger partial charge on any atom is -0.481 e. The average molecular weight is 473 g/mol. The summed E-state index contributed by atoms with van der Waals surface area (Å²) in [5.74, 6) is 0.629. The fourth-order valence-corrected chi connectivity index (χ4v) is 11.2. The Bertz CT molecular complexity index is 892. The lowest BCUT2D eigenvalue weighted by atomic mass is 9.41. The number of hydrogen-bond donors (Lipinski definition) is 3. The Kier molecular flexibility index (Phi) is 5.52. The van der Waals surface area contributed by atoms with E-state index in [4.69, 9.17) is 0 Å². The third-order valence-electron chi connectivity index (χ3n) is 13.1. The van der Waals surface area contributed by atoms with Crippen LogP contribution in [0.25, 0.3) is 0 Å². The van der Waals surface area contributed by atoms with E-state index in [1.807, 2.05) is 0 Å². The first-order valence-corrected chi connectivity index (χ1v) is 14.0. The molecule has 11 atom stereocenters. The summed E-state index contributed by atoms with van der Waals surface area (Å²) >= 11 is 0. The minimum atomic E-state index is -1.15. The molecule has 34 heavy (non-hydrogen) atoms. The van der Waals surface area contributed by atoms with Crippen molar-refractivity contribution in [3.8, 4) is 0 Å². The van der Waals surface area contributed by atoms with Crippen LogP contribution in [0.1, 0.15) is 106 Å². The van der Waals surface area contributed by atoms with Crippen LogP contribution in [0, 0.1) is 50.7 Å². The Hall–Kier alpha value is -0.870. The Morgan fingerprint density at radius 3 is 2.35 bits per heavy atom. The maximum absolute atomic E-state index is 12.5. The lowest BCUT2D eigenvalue weighted by molar-refractivity contribution is -0.211. The molecule has 4 nitrogen and oxygen atoms in total. The van der Waals surface area contributed by atoms with Crippen molar-refractivity contribution in [2.24, 2.45) is 50.7 Å². The quantitative estimate of drug-likeness (QED) is 0.416. The van der Waals surface area contributed by atoms with Crippen LogP contribution >= 0.6 is 0 Å². The minimum absolute atomic E-state index is 0.000751. The van der Waals surface area contributed by atoms with Crippen molar-refractivity contribution in [2.75, 3.05) is 0 Å². The molecule has 5 fully saturated rings. The molecule has 0 bridgehead atoms. The Morgan fingerprint density at radius 1 is 1.00 bits per heavy atom. The molecule has 0 heterocycles. The molecule has 0 aromatic carbocycles. The van der Waals surface area contributed by atoms with E-state index in [0.29, 0.717) is 24.7 Å². The smallest absolute Gasteiger partial charge is 0.312 e. The zero-order valence-electron chi connectivity index (χ0n) is 22.4. The van der Waals surface area contributed by atoms with Crippen molar-refractivity contribution < 1.29 is 20.1 Å². The van der Waals surface area contributed by atoms with Crippen LogP contribution in [0.2, 0.25) is 0 Å². The normalized spacial score (nSPS) is 54.2. The van der Waals surface area contributed by atoms with Crippen LogP contribution in [0.3, 0.4) is 0 Å². The zero-order valence-corrected chi connectivity index (χ0v) is 22.4. The van der Waals surface area contributed by atoms with E-state index in [1.165, 1.54) is 31.3 Å². The average Bonchev–Trinajstić information content (AvgIpc) is 3.31. The molecule has 3 N–H and O–H groups in total. The summed E-state index contributed by atoms with van der Waals surface area (Å²) in [5, 5.41) is 32.8. The predicted molar refractivity (Wildman–Crippen MR) is 134 cm³/mol. The largest absolute Gasteiger partial charge is 0.481 e. The molecular weight excluding hydrogens is 424 g/mol. The summed E-state index contributed by atoms with van der Waals surface area (Å²) in [4.78, 5) is 12.5. The number of carboxylic acid groups (broad SMARTS) is 1. The lowest BCUT2D eigenvalue weighted by Crippen LogP contribution is -2.63. The van der Waals surface area contributed by atoms with Crippen molar-refractivity contribution in [3.05, 3.63) is 11.6 Å². The maximum atomic E-state index is 12.5. The standard InChI is InChI=1S/C30H48O4/c1-18(2)8-7-9-19(3)20-10-12-27(5)24-21(31)16-22-28(6,25(33)34)23(32)11-13-29(22)17-30(24,29)15-14-26(20,27)4/h8,19-24,31-32H,7,9-17H2,1-6H3,(H,33,34)/t19-,20-,21+,22?,23+,24+,26-,27+,28+,29-,30+/m1/s1. The van der Waals surface area contributed by atoms with Crippen molar-refractivity contribution in [2.45, 2.75) is 118 Å². The van der Waals surface area contributed by atoms with Gasteiger partial charge in [-0.15, -0.1) is 0 Å². The van der Waals surface area contributed by atoms with Crippen molar-refractivity contribution in [1.29, 1.82) is 0 Å². The van der Waals surface area contributed by atoms with E-state index in [2.05, 4.69) is 40.7 Å². The highest BCUT2D eigenvalue weighted by Crippen LogP contribution is 2.89. The fourth-order valence-electron chi connectivity index (χ4n) is 11.2. The molecule has 0 saturated heterocycles. The van der Waals surface area contributed by atoms with Gasteiger partial charge >= 0.3 is 5.97 Å². The summed E-state index contributed by atoms with van der Waals surface area (Å²) in [6.45, 7) is 13.6. The van der Waals surface area contributed by atoms with Gasteiger partial charge in [-0.05, 0) is 130 Å². The van der Waals surface area contributed by atoms with Gasteiger partial charge in [0.2, 0.25) is 0 Å². The van der Waals surface area contributed by atoms with Crippen LogP contribution in [0.5, 0.6) is 0 Å². The van der Waals surface area contributed by atoms with E-state index in [9.17, 15) is 20.1 Å². The number of allylic oxidation sites excluding steroid dienone is 2. The highest BCUT2D eigenvalue weighted by atomic mass is 16.4. The third-order valence-corrected chi connectivity index (χ3v) is 13.1. The van der Waals surface area contributed by atoms with Gasteiger partial charge in [-0.2, -0.15) is 0 Å². The molecule has 4 heteroatoms. The third kappa shape index (κ3) is 2.82. The predicted octanol–water partition coefficient (Wildman–Crippen LogP) is 6.20. The van der Waals surface area contributed by atoms with Crippen molar-refractivity contribution in [3.63, 3.8) is 0 Å². The number of carbonyl (C=O) groups is 1. The van der Waals surface area contributed by atoms with E-state index in [1.54, 1.807) is 6.92 Å². The van der Waals surface area contributed by atoms with E-state index < -0.39 is 23.6 Å². The van der Waals surface area contributed by atoms with Gasteiger partial charge in [0.05, 0.1) is 17.6 Å². The van der Waals surface area contributed by atoms with Crippen LogP contribution in [-0.4, -0.2) is 33.5 Å². The van der Waals surface area contributed by atoms with Crippen molar-refractivity contribution in [1.82, 2.24) is 0 Å². The first-order valence-electron chi connectivity index (χ1n) is 14.0. The molecular formula is C30H48O4. The highest BCUT2D eigenvalue weighted by Gasteiger charge is 2.84. The second kappa shape index (κ2) is 7.57. The van der Waals surface area contributed by atoms with Gasteiger partial charge in [0.25, 0.3) is 0 Å². The molecule has 5 aliphatic carbocycles. The molecule has 192 valence electrons. The molecule has 0 aliphatic heterocycles. The number of carboxylic acids is 1. The topological polar surface area (TPSA) is 77.8 Å². The number of aliphatic hydroxyl groups is 2. The van der Waals surface area contributed by atoms with E-state index in [-0.39, 0.29) is 33.5 Å². The summed E-state index contributed by atoms with van der Waals surface area (Å²) in [5.41, 5.74) is 0.660. The Morgan fingerprint density at radius 2 is 1.71 bits per heavy atom. The SMILES string of the molecule is CC(C)=CCC[C@@H](C)[C@H]1CC[C@@]2(C)[C@@H]3[C@@H](O)CC4[C@@]5(CC[C@H](O)[C@@]4(C)C(=O)O)C[C@@]35CC[C@]12C. The number of aliphatic carboxylic acids is 1. The van der Waals surface area contributed by atoms with Crippen LogP contribution in [0.15, 0.2) is 11.6 Å². The molecule has 5 rings (SSSR count). The van der Waals surface area contributed by atoms with Crippen molar-refractivity contribution >= 4 is 5.97 Å². The van der Waals surface area contributed by atoms with Crippen LogP contribution < -0.4 is 0 Å². The van der Waals surface area contributed by atoms with Crippen LogP contribution in [0.4, 0.5) is 0 Å². The van der Waals surface area contributed by atoms with Gasteiger partial charge in [-0.3, -0.25) is 4.79 Å². The van der Waals surface area contributed by atoms with E-state index >= 15 is 0 Å². The molecule has 0 aromatic rings. The molecule has 5 saturated carbocycles. The summed E-state index contributed by atoms with van der Waals surface area (Å²) in [7, 11) is 0. The van der Waals surface area contributed by atoms with Gasteiger partial charge < -0.3 is 15.3 Å². The zero-order chi connectivity index (χ0) is 24.9. The highest BCUT2D eigenvalue weighted by molar-refractivity contribution is 5.76. The first-order chi connectivity index (χ1) is 15.8. The van der Waals surface area contributed by atoms with E-state index in [0.717, 1.165) is 25.7 Å². The Labute approximate surface area is 206 Å². The second-order valence-electron chi connectivity index (χ2n) is 14.3. The van der Waals surface area contributed by atoms with Gasteiger partial charge in [0.15, 0.2) is 0 Å². The van der Waals surface area contributed by atoms with Gasteiger partial charge in [0.1, 0.15) is 0 Å². The summed E-state index contributed by atoms with van der Waals surface area (Å²) < 4.78 is 0. The number of fused-ring (bicyclic) bond motifs is 2. The molecule has 2 spiro atoms. The molecule has 0 radical (unpaired) electrons. The first kappa shape index (κ1) is 24.8. The molecule has 0 aromatic heterocycles. The fraction of sp³-hybridized carbons (Fsp3) is 0.900. The van der Waals surface area contributed by atoms with Crippen LogP contribution in [-0.2, 0) is 4.79 Å². The molecule has 0 amide bonds. The molecule has 1 unspecified atom stereocenters. The maximum Gasteiger partial charge on any atom is 0.312 e. The second-order valence-corrected chi connectivity index (χ2v) is 14.3. The number of aliphatic hydroxyl groups excluding tert-OH is 2. The monoisotopic (exact) mass is 472 g/mol. The Balaban J connectivity index is 1.47. The number of hydrogen-bond acceptors (Lipinski definition) is 3.